The lowest BCUT2D eigenvalue weighted by Crippen LogP contribution is -1.98. The number of aryl methyl sites for hydroxylation is 3. The smallest absolute Gasteiger partial charge is 0.123 e. The summed E-state index contributed by atoms with van der Waals surface area (Å²) in [7, 11) is 0. The molecule has 110 valence electrons. The monoisotopic (exact) mass is 280 g/mol. The molecule has 0 aliphatic rings. The second kappa shape index (κ2) is 6.17. The van der Waals surface area contributed by atoms with Crippen LogP contribution in [0.2, 0.25) is 0 Å². The lowest BCUT2D eigenvalue weighted by Gasteiger charge is -2.17. The lowest BCUT2D eigenvalue weighted by atomic mass is 9.88. The maximum absolute atomic E-state index is 10.2. The minimum Gasteiger partial charge on any atom is -0.507 e. The van der Waals surface area contributed by atoms with Crippen molar-refractivity contribution in [3.63, 3.8) is 0 Å². The van der Waals surface area contributed by atoms with Crippen LogP contribution in [-0.4, -0.2) is 5.11 Å². The molecule has 0 saturated heterocycles. The Balaban J connectivity index is 2.20. The molecule has 0 spiro atoms. The minimum atomic E-state index is 0.341. The molecule has 0 heterocycles. The molecular weight excluding hydrogens is 256 g/mol. The summed E-state index contributed by atoms with van der Waals surface area (Å²) in [5.41, 5.74) is 6.65. The van der Waals surface area contributed by atoms with Gasteiger partial charge in [0.05, 0.1) is 0 Å². The minimum absolute atomic E-state index is 0.341. The van der Waals surface area contributed by atoms with E-state index in [1.54, 1.807) is 0 Å². The molecule has 21 heavy (non-hydrogen) atoms. The van der Waals surface area contributed by atoms with E-state index in [-0.39, 0.29) is 0 Å². The van der Waals surface area contributed by atoms with Crippen molar-refractivity contribution >= 4 is 5.57 Å². The van der Waals surface area contributed by atoms with Crippen LogP contribution in [0, 0.1) is 20.8 Å². The predicted octanol–water partition coefficient (Wildman–Crippen LogP) is 5.52. The van der Waals surface area contributed by atoms with E-state index in [9.17, 15) is 5.11 Å². The summed E-state index contributed by atoms with van der Waals surface area (Å²) in [6, 6.07) is 12.5. The molecule has 0 bridgehead atoms. The number of phenols is 1. The number of rotatable bonds is 4. The van der Waals surface area contributed by atoms with Crippen molar-refractivity contribution in [2.24, 2.45) is 0 Å². The zero-order valence-electron chi connectivity index (χ0n) is 13.4. The van der Waals surface area contributed by atoms with Gasteiger partial charge in [-0.15, -0.1) is 0 Å². The third-order valence-corrected chi connectivity index (χ3v) is 4.01. The Morgan fingerprint density at radius 1 is 1.05 bits per heavy atom. The largest absolute Gasteiger partial charge is 0.507 e. The van der Waals surface area contributed by atoms with Crippen molar-refractivity contribution in [1.82, 2.24) is 0 Å². The maximum Gasteiger partial charge on any atom is 0.123 e. The van der Waals surface area contributed by atoms with E-state index in [0.29, 0.717) is 11.7 Å². The third kappa shape index (κ3) is 3.55. The molecule has 0 fully saturated rings. The Bertz CT molecular complexity index is 627. The highest BCUT2D eigenvalue weighted by atomic mass is 16.3. The first-order valence-corrected chi connectivity index (χ1v) is 7.43. The average molecular weight is 280 g/mol. The van der Waals surface area contributed by atoms with Crippen molar-refractivity contribution in [3.05, 3.63) is 70.8 Å². The molecule has 1 heteroatoms. The fourth-order valence-corrected chi connectivity index (χ4v) is 2.89. The van der Waals surface area contributed by atoms with Gasteiger partial charge in [0.25, 0.3) is 0 Å². The molecule has 1 unspecified atom stereocenters. The molecule has 2 aromatic rings. The zero-order valence-corrected chi connectivity index (χ0v) is 13.4. The molecular formula is C20H24O. The van der Waals surface area contributed by atoms with Crippen LogP contribution in [0.25, 0.3) is 5.57 Å². The number of allylic oxidation sites excluding steroid dienone is 1. The summed E-state index contributed by atoms with van der Waals surface area (Å²) in [5, 5.41) is 10.2. The first kappa shape index (κ1) is 15.4. The Hall–Kier alpha value is -2.02. The normalized spacial score (nSPS) is 12.2. The van der Waals surface area contributed by atoms with E-state index in [2.05, 4.69) is 50.8 Å². The van der Waals surface area contributed by atoms with Crippen LogP contribution in [0.15, 0.2) is 43.0 Å². The number of aromatic hydroxyl groups is 1. The van der Waals surface area contributed by atoms with Crippen molar-refractivity contribution in [3.8, 4) is 5.75 Å². The van der Waals surface area contributed by atoms with E-state index in [1.165, 1.54) is 11.1 Å². The van der Waals surface area contributed by atoms with Crippen LogP contribution in [0.3, 0.4) is 0 Å². The molecule has 1 atom stereocenters. The summed E-state index contributed by atoms with van der Waals surface area (Å²) in [6.07, 6.45) is 0.848. The van der Waals surface area contributed by atoms with E-state index in [0.717, 1.165) is 28.7 Å². The second-order valence-corrected chi connectivity index (χ2v) is 6.10. The topological polar surface area (TPSA) is 20.2 Å². The van der Waals surface area contributed by atoms with Crippen molar-refractivity contribution < 1.29 is 5.11 Å². The van der Waals surface area contributed by atoms with Crippen molar-refractivity contribution in [2.45, 2.75) is 40.0 Å². The number of phenolic OH excluding ortho intramolecular Hbond substituents is 1. The highest BCUT2D eigenvalue weighted by molar-refractivity contribution is 5.72. The Morgan fingerprint density at radius 3 is 2.24 bits per heavy atom. The Morgan fingerprint density at radius 2 is 1.67 bits per heavy atom. The van der Waals surface area contributed by atoms with Gasteiger partial charge in [0.15, 0.2) is 0 Å². The third-order valence-electron chi connectivity index (χ3n) is 4.01. The summed E-state index contributed by atoms with van der Waals surface area (Å²) in [6.45, 7) is 12.5. The van der Waals surface area contributed by atoms with Crippen LogP contribution in [0.1, 0.15) is 47.1 Å². The predicted molar refractivity (Wildman–Crippen MR) is 90.8 cm³/mol. The van der Waals surface area contributed by atoms with Gasteiger partial charge in [0.2, 0.25) is 0 Å². The molecule has 0 amide bonds. The van der Waals surface area contributed by atoms with Gasteiger partial charge in [-0.05, 0) is 61.4 Å². The molecule has 0 radical (unpaired) electrons. The summed E-state index contributed by atoms with van der Waals surface area (Å²) >= 11 is 0. The van der Waals surface area contributed by atoms with Crippen molar-refractivity contribution in [1.29, 1.82) is 0 Å². The van der Waals surface area contributed by atoms with Gasteiger partial charge >= 0.3 is 0 Å². The molecule has 0 aromatic heterocycles. The van der Waals surface area contributed by atoms with Crippen LogP contribution in [0.5, 0.6) is 5.75 Å². The van der Waals surface area contributed by atoms with Gasteiger partial charge in [-0.3, -0.25) is 0 Å². The summed E-state index contributed by atoms with van der Waals surface area (Å²) < 4.78 is 0. The highest BCUT2D eigenvalue weighted by Crippen LogP contribution is 2.35. The molecule has 1 nitrogen and oxygen atoms in total. The van der Waals surface area contributed by atoms with Crippen LogP contribution < -0.4 is 0 Å². The maximum atomic E-state index is 10.2. The van der Waals surface area contributed by atoms with Gasteiger partial charge in [-0.1, -0.05) is 49.4 Å². The fourth-order valence-electron chi connectivity index (χ4n) is 2.89. The number of hydrogen-bond acceptors (Lipinski definition) is 1. The van der Waals surface area contributed by atoms with Crippen LogP contribution in [0.4, 0.5) is 0 Å². The molecule has 1 N–H and O–H groups in total. The van der Waals surface area contributed by atoms with E-state index in [4.69, 9.17) is 0 Å². The summed E-state index contributed by atoms with van der Waals surface area (Å²) in [4.78, 5) is 0. The fraction of sp³-hybridized carbons (Fsp3) is 0.300. The van der Waals surface area contributed by atoms with Gasteiger partial charge < -0.3 is 5.11 Å². The van der Waals surface area contributed by atoms with E-state index in [1.807, 2.05) is 19.9 Å². The molecule has 0 aliphatic heterocycles. The number of benzene rings is 2. The van der Waals surface area contributed by atoms with E-state index >= 15 is 0 Å². The molecule has 0 aliphatic carbocycles. The number of hydrogen-bond donors (Lipinski definition) is 1. The van der Waals surface area contributed by atoms with Gasteiger partial charge in [0, 0.05) is 5.56 Å². The molecule has 0 saturated carbocycles. The van der Waals surface area contributed by atoms with Crippen LogP contribution >= 0.6 is 0 Å². The quantitative estimate of drug-likeness (QED) is 0.781. The van der Waals surface area contributed by atoms with Crippen LogP contribution in [-0.2, 0) is 0 Å². The van der Waals surface area contributed by atoms with Crippen molar-refractivity contribution in [2.75, 3.05) is 0 Å². The molecule has 2 rings (SSSR count). The van der Waals surface area contributed by atoms with Gasteiger partial charge in [0.1, 0.15) is 5.75 Å². The standard InChI is InChI=1S/C20H24O/c1-13-6-8-18(9-7-13)15(3)12-17(5)20-16(4)10-14(2)11-19(20)21/h6-11,15,21H,5,12H2,1-4H3. The summed E-state index contributed by atoms with van der Waals surface area (Å²) in [5.74, 6) is 0.729. The van der Waals surface area contributed by atoms with Gasteiger partial charge in [-0.25, -0.2) is 0 Å². The first-order valence-electron chi connectivity index (χ1n) is 7.43. The Labute approximate surface area is 128 Å². The second-order valence-electron chi connectivity index (χ2n) is 6.10. The highest BCUT2D eigenvalue weighted by Gasteiger charge is 2.14. The SMILES string of the molecule is C=C(CC(C)c1ccc(C)cc1)c1c(C)cc(C)cc1O. The van der Waals surface area contributed by atoms with E-state index < -0.39 is 0 Å². The molecule has 2 aromatic carbocycles. The lowest BCUT2D eigenvalue weighted by molar-refractivity contribution is 0.472. The first-order chi connectivity index (χ1) is 9.88. The average Bonchev–Trinajstić information content (AvgIpc) is 2.37. The Kier molecular flexibility index (Phi) is 4.52. The van der Waals surface area contributed by atoms with Gasteiger partial charge in [-0.2, -0.15) is 0 Å². The zero-order chi connectivity index (χ0) is 15.6.